The van der Waals surface area contributed by atoms with Crippen LogP contribution in [0.1, 0.15) is 0 Å². The van der Waals surface area contributed by atoms with Crippen LogP contribution in [0.3, 0.4) is 0 Å². The predicted octanol–water partition coefficient (Wildman–Crippen LogP) is 11.4. The summed E-state index contributed by atoms with van der Waals surface area (Å²) in [4.78, 5) is 0. The third kappa shape index (κ3) is 3.19. The van der Waals surface area contributed by atoms with Crippen molar-refractivity contribution in [3.63, 3.8) is 0 Å². The van der Waals surface area contributed by atoms with Gasteiger partial charge in [0.15, 0.2) is 0 Å². The van der Waals surface area contributed by atoms with Crippen molar-refractivity contribution in [2.24, 2.45) is 0 Å². The van der Waals surface area contributed by atoms with Gasteiger partial charge in [-0.3, -0.25) is 0 Å². The fraction of sp³-hybridized carbons (Fsp3) is 0. The first-order chi connectivity index (χ1) is 19.7. The Balaban J connectivity index is 1.20. The number of hydrogen-bond donors (Lipinski definition) is 0. The highest BCUT2D eigenvalue weighted by Crippen LogP contribution is 2.38. The zero-order chi connectivity index (χ0) is 26.4. The molecule has 0 aliphatic rings. The van der Waals surface area contributed by atoms with E-state index in [1.54, 1.807) is 0 Å². The Labute approximate surface area is 232 Å². The molecule has 0 unspecified atom stereocenters. The lowest BCUT2D eigenvalue weighted by molar-refractivity contribution is 0.668. The molecule has 0 saturated carbocycles. The normalized spacial score (nSPS) is 12.1. The van der Waals surface area contributed by atoms with Crippen molar-refractivity contribution in [3.8, 4) is 22.3 Å². The molecule has 0 atom stereocenters. The number of furan rings is 3. The molecule has 9 rings (SSSR count). The summed E-state index contributed by atoms with van der Waals surface area (Å²) in [6.07, 6.45) is 0. The molecule has 6 aromatic carbocycles. The van der Waals surface area contributed by atoms with Gasteiger partial charge in [-0.1, -0.05) is 54.1 Å². The molecule has 3 heterocycles. The second-order valence-electron chi connectivity index (χ2n) is 10.3. The molecule has 3 aromatic heterocycles. The lowest BCUT2D eigenvalue weighted by atomic mass is 9.98. The molecule has 0 radical (unpaired) electrons. The molecule has 0 spiro atoms. The van der Waals surface area contributed by atoms with E-state index in [0.29, 0.717) is 5.02 Å². The van der Waals surface area contributed by atoms with Gasteiger partial charge >= 0.3 is 0 Å². The SMILES string of the molecule is Clc1ccc2oc3ccc(-c4ccc5oc6ccc(-c7ccc8oc9ccccc9c8c7)cc6c5c4)cc3c2c1. The lowest BCUT2D eigenvalue weighted by Crippen LogP contribution is -1.79. The van der Waals surface area contributed by atoms with Crippen LogP contribution in [0.5, 0.6) is 0 Å². The maximum atomic E-state index is 6.29. The number of rotatable bonds is 2. The lowest BCUT2D eigenvalue weighted by Gasteiger charge is -2.04. The standard InChI is InChI=1S/C36H19ClO3/c37-24-9-14-36-30(19-24)29-18-23(8-13-35(29)40-36)22-7-12-34-28(17-22)27-16-21(6-11-33(27)39-34)20-5-10-32-26(15-20)25-3-1-2-4-31(25)38-32/h1-19H. The predicted molar refractivity (Wildman–Crippen MR) is 164 cm³/mol. The van der Waals surface area contributed by atoms with Gasteiger partial charge in [0.2, 0.25) is 0 Å². The van der Waals surface area contributed by atoms with Gasteiger partial charge in [0.1, 0.15) is 33.5 Å². The van der Waals surface area contributed by atoms with E-state index in [9.17, 15) is 0 Å². The quantitative estimate of drug-likeness (QED) is 0.221. The van der Waals surface area contributed by atoms with E-state index in [0.717, 1.165) is 88.1 Å². The van der Waals surface area contributed by atoms with Crippen LogP contribution in [0.25, 0.3) is 88.1 Å². The molecule has 0 bridgehead atoms. The summed E-state index contributed by atoms with van der Waals surface area (Å²) in [5, 5.41) is 7.20. The van der Waals surface area contributed by atoms with Crippen LogP contribution < -0.4 is 0 Å². The minimum Gasteiger partial charge on any atom is -0.456 e. The summed E-state index contributed by atoms with van der Waals surface area (Å²) < 4.78 is 18.3. The maximum absolute atomic E-state index is 6.29. The van der Waals surface area contributed by atoms with Crippen LogP contribution in [0.4, 0.5) is 0 Å². The van der Waals surface area contributed by atoms with E-state index in [4.69, 9.17) is 24.9 Å². The molecule has 0 saturated heterocycles. The van der Waals surface area contributed by atoms with E-state index in [2.05, 4.69) is 72.8 Å². The van der Waals surface area contributed by atoms with Crippen LogP contribution >= 0.6 is 11.6 Å². The Morgan fingerprint density at radius 3 is 1.15 bits per heavy atom. The first kappa shape index (κ1) is 21.9. The third-order valence-corrected chi connectivity index (χ3v) is 8.18. The summed E-state index contributed by atoms with van der Waals surface area (Å²) in [5.74, 6) is 0. The second-order valence-corrected chi connectivity index (χ2v) is 10.7. The second kappa shape index (κ2) is 8.01. The molecular weight excluding hydrogens is 516 g/mol. The smallest absolute Gasteiger partial charge is 0.135 e. The molecule has 9 aromatic rings. The molecule has 188 valence electrons. The number of hydrogen-bond acceptors (Lipinski definition) is 3. The largest absolute Gasteiger partial charge is 0.456 e. The third-order valence-electron chi connectivity index (χ3n) is 7.94. The van der Waals surface area contributed by atoms with Gasteiger partial charge in [0.25, 0.3) is 0 Å². The minimum absolute atomic E-state index is 0.697. The molecule has 0 aliphatic heterocycles. The first-order valence-corrected chi connectivity index (χ1v) is 13.6. The van der Waals surface area contributed by atoms with Crippen molar-refractivity contribution < 1.29 is 13.3 Å². The number of fused-ring (bicyclic) bond motifs is 9. The van der Waals surface area contributed by atoms with Crippen LogP contribution in [0, 0.1) is 0 Å². The monoisotopic (exact) mass is 534 g/mol. The highest BCUT2D eigenvalue weighted by atomic mass is 35.5. The Hall–Kier alpha value is -4.99. The summed E-state index contributed by atoms with van der Waals surface area (Å²) in [6, 6.07) is 39.4. The fourth-order valence-corrected chi connectivity index (χ4v) is 6.14. The van der Waals surface area contributed by atoms with Crippen molar-refractivity contribution in [2.45, 2.75) is 0 Å². The number of halogens is 1. The fourth-order valence-electron chi connectivity index (χ4n) is 5.97. The van der Waals surface area contributed by atoms with E-state index >= 15 is 0 Å². The van der Waals surface area contributed by atoms with E-state index in [-0.39, 0.29) is 0 Å². The molecule has 3 nitrogen and oxygen atoms in total. The van der Waals surface area contributed by atoms with Crippen molar-refractivity contribution in [3.05, 3.63) is 120 Å². The Bertz CT molecular complexity index is 2450. The van der Waals surface area contributed by atoms with Crippen LogP contribution in [-0.4, -0.2) is 0 Å². The van der Waals surface area contributed by atoms with Gasteiger partial charge < -0.3 is 13.3 Å². The van der Waals surface area contributed by atoms with Crippen molar-refractivity contribution in [2.75, 3.05) is 0 Å². The molecule has 0 amide bonds. The van der Waals surface area contributed by atoms with Crippen molar-refractivity contribution >= 4 is 77.4 Å². The minimum atomic E-state index is 0.697. The van der Waals surface area contributed by atoms with Gasteiger partial charge in [-0.05, 0) is 95.1 Å². The average molecular weight is 535 g/mol. The zero-order valence-electron chi connectivity index (χ0n) is 21.1. The number of benzene rings is 6. The average Bonchev–Trinajstić information content (AvgIpc) is 3.66. The molecule has 4 heteroatoms. The van der Waals surface area contributed by atoms with Gasteiger partial charge in [-0.2, -0.15) is 0 Å². The van der Waals surface area contributed by atoms with E-state index in [1.807, 2.05) is 42.5 Å². The summed E-state index contributed by atoms with van der Waals surface area (Å²) in [5.41, 5.74) is 9.73. The maximum Gasteiger partial charge on any atom is 0.135 e. The van der Waals surface area contributed by atoms with Crippen molar-refractivity contribution in [1.29, 1.82) is 0 Å². The summed E-state index contributed by atoms with van der Waals surface area (Å²) in [6.45, 7) is 0. The Kier molecular flexibility index (Phi) is 4.38. The Morgan fingerprint density at radius 2 is 0.675 bits per heavy atom. The Morgan fingerprint density at radius 1 is 0.325 bits per heavy atom. The van der Waals surface area contributed by atoms with Gasteiger partial charge in [0, 0.05) is 37.3 Å². The molecule has 0 aliphatic carbocycles. The van der Waals surface area contributed by atoms with Gasteiger partial charge in [-0.25, -0.2) is 0 Å². The zero-order valence-corrected chi connectivity index (χ0v) is 21.8. The molecule has 0 fully saturated rings. The van der Waals surface area contributed by atoms with Gasteiger partial charge in [0.05, 0.1) is 0 Å². The highest BCUT2D eigenvalue weighted by Gasteiger charge is 2.14. The first-order valence-electron chi connectivity index (χ1n) is 13.2. The number of para-hydroxylation sites is 1. The summed E-state index contributed by atoms with van der Waals surface area (Å²) in [7, 11) is 0. The van der Waals surface area contributed by atoms with Gasteiger partial charge in [-0.15, -0.1) is 0 Å². The van der Waals surface area contributed by atoms with Crippen LogP contribution in [0.15, 0.2) is 129 Å². The molecule has 0 N–H and O–H groups in total. The highest BCUT2D eigenvalue weighted by molar-refractivity contribution is 6.31. The molecular formula is C36H19ClO3. The summed E-state index contributed by atoms with van der Waals surface area (Å²) >= 11 is 6.29. The topological polar surface area (TPSA) is 39.4 Å². The van der Waals surface area contributed by atoms with E-state index < -0.39 is 0 Å². The molecule has 40 heavy (non-hydrogen) atoms. The van der Waals surface area contributed by atoms with E-state index in [1.165, 1.54) is 0 Å². The van der Waals surface area contributed by atoms with Crippen LogP contribution in [-0.2, 0) is 0 Å². The van der Waals surface area contributed by atoms with Crippen molar-refractivity contribution in [1.82, 2.24) is 0 Å². The van der Waals surface area contributed by atoms with Crippen LogP contribution in [0.2, 0.25) is 5.02 Å².